The van der Waals surface area contributed by atoms with Crippen LogP contribution in [-0.2, 0) is 6.42 Å². The van der Waals surface area contributed by atoms with Gasteiger partial charge in [-0.25, -0.2) is 4.98 Å². The minimum Gasteiger partial charge on any atom is -0.497 e. The number of hydrogen-bond donors (Lipinski definition) is 2. The second kappa shape index (κ2) is 8.24. The third-order valence-electron chi connectivity index (χ3n) is 7.50. The van der Waals surface area contributed by atoms with Gasteiger partial charge in [-0.05, 0) is 59.4 Å². The molecule has 176 valence electrons. The number of rotatable bonds is 6. The summed E-state index contributed by atoms with van der Waals surface area (Å²) in [6, 6.07) is 22.7. The van der Waals surface area contributed by atoms with Gasteiger partial charge >= 0.3 is 0 Å². The number of amides is 1. The molecule has 1 aromatic heterocycles. The zero-order valence-corrected chi connectivity index (χ0v) is 20.6. The highest BCUT2D eigenvalue weighted by Gasteiger charge is 2.51. The predicted octanol–water partition coefficient (Wildman–Crippen LogP) is 5.69. The van der Waals surface area contributed by atoms with Crippen molar-refractivity contribution >= 4 is 22.4 Å². The van der Waals surface area contributed by atoms with E-state index in [9.17, 15) is 4.79 Å². The van der Waals surface area contributed by atoms with Crippen LogP contribution in [0.2, 0.25) is 0 Å². The topological polar surface area (TPSA) is 77.2 Å². The summed E-state index contributed by atoms with van der Waals surface area (Å²) in [5, 5.41) is 6.87. The number of nitrogens with one attached hydrogen (secondary N) is 1. The maximum absolute atomic E-state index is 12.3. The summed E-state index contributed by atoms with van der Waals surface area (Å²) < 4.78 is 5.26. The molecule has 0 saturated heterocycles. The molecule has 1 amide bonds. The van der Waals surface area contributed by atoms with Crippen molar-refractivity contribution in [2.75, 3.05) is 12.4 Å². The molecule has 3 aromatic carbocycles. The summed E-state index contributed by atoms with van der Waals surface area (Å²) in [6.07, 6.45) is 1.65. The molecule has 0 saturated carbocycles. The molecule has 3 unspecified atom stereocenters. The third kappa shape index (κ3) is 3.60. The quantitative estimate of drug-likeness (QED) is 0.371. The van der Waals surface area contributed by atoms with Crippen LogP contribution in [0, 0.1) is 0 Å². The molecule has 3 aliphatic rings. The van der Waals surface area contributed by atoms with E-state index in [2.05, 4.69) is 60.1 Å². The van der Waals surface area contributed by atoms with Gasteiger partial charge in [0.25, 0.3) is 0 Å². The van der Waals surface area contributed by atoms with Gasteiger partial charge < -0.3 is 15.8 Å². The number of carbonyl (C=O) groups excluding carboxylic acids is 1. The molecule has 0 spiro atoms. The Kier molecular flexibility index (Phi) is 5.15. The van der Waals surface area contributed by atoms with Crippen molar-refractivity contribution in [3.8, 4) is 5.75 Å². The van der Waals surface area contributed by atoms with Crippen molar-refractivity contribution in [2.45, 2.75) is 37.1 Å². The van der Waals surface area contributed by atoms with Gasteiger partial charge in [0.1, 0.15) is 5.75 Å². The summed E-state index contributed by atoms with van der Waals surface area (Å²) in [5.41, 5.74) is 13.4. The van der Waals surface area contributed by atoms with Gasteiger partial charge in [-0.1, -0.05) is 48.5 Å². The van der Waals surface area contributed by atoms with E-state index >= 15 is 0 Å². The van der Waals surface area contributed by atoms with Crippen LogP contribution in [0.15, 0.2) is 72.1 Å². The van der Waals surface area contributed by atoms with Gasteiger partial charge in [0.2, 0.25) is 5.91 Å². The van der Waals surface area contributed by atoms with Crippen molar-refractivity contribution in [2.24, 2.45) is 5.73 Å². The van der Waals surface area contributed by atoms with E-state index in [1.54, 1.807) is 18.4 Å². The van der Waals surface area contributed by atoms with E-state index in [-0.39, 0.29) is 23.3 Å². The molecule has 5 nitrogen and oxygen atoms in total. The normalized spacial score (nSPS) is 21.8. The van der Waals surface area contributed by atoms with Gasteiger partial charge in [0.15, 0.2) is 5.13 Å². The van der Waals surface area contributed by atoms with Crippen LogP contribution in [0.1, 0.15) is 69.0 Å². The van der Waals surface area contributed by atoms with Crippen LogP contribution >= 0.6 is 11.3 Å². The SMILES string of the molecule is COc1ccc(Cc2csc(NC3(C)CC4c5ccccc5C3c3cccc(C(N)=O)c34)n2)cc1. The average molecular weight is 482 g/mol. The summed E-state index contributed by atoms with van der Waals surface area (Å²) >= 11 is 1.65. The minimum atomic E-state index is -0.357. The largest absolute Gasteiger partial charge is 0.497 e. The fourth-order valence-corrected chi connectivity index (χ4v) is 6.90. The maximum Gasteiger partial charge on any atom is 0.249 e. The summed E-state index contributed by atoms with van der Waals surface area (Å²) in [5.74, 6) is 0.720. The monoisotopic (exact) mass is 481 g/mol. The van der Waals surface area contributed by atoms with Crippen molar-refractivity contribution < 1.29 is 9.53 Å². The van der Waals surface area contributed by atoms with Crippen LogP contribution in [0.5, 0.6) is 5.75 Å². The second-order valence-corrected chi connectivity index (χ2v) is 10.6. The van der Waals surface area contributed by atoms with Crippen LogP contribution in [-0.4, -0.2) is 23.5 Å². The first-order valence-electron chi connectivity index (χ1n) is 11.8. The second-order valence-electron chi connectivity index (χ2n) is 9.70. The molecule has 0 fully saturated rings. The molecular weight excluding hydrogens is 454 g/mol. The Morgan fingerprint density at radius 2 is 1.83 bits per heavy atom. The predicted molar refractivity (Wildman–Crippen MR) is 140 cm³/mol. The summed E-state index contributed by atoms with van der Waals surface area (Å²) in [4.78, 5) is 17.2. The highest BCUT2D eigenvalue weighted by molar-refractivity contribution is 7.13. The van der Waals surface area contributed by atoms with Crippen LogP contribution in [0.3, 0.4) is 0 Å². The molecule has 0 radical (unpaired) electrons. The number of anilines is 1. The molecule has 6 heteroatoms. The molecule has 0 aliphatic heterocycles. The Hall–Kier alpha value is -3.64. The van der Waals surface area contributed by atoms with Crippen LogP contribution < -0.4 is 15.8 Å². The number of hydrogen-bond acceptors (Lipinski definition) is 5. The van der Waals surface area contributed by atoms with E-state index in [0.717, 1.165) is 35.0 Å². The first kappa shape index (κ1) is 21.9. The molecule has 1 heterocycles. The van der Waals surface area contributed by atoms with E-state index in [1.165, 1.54) is 22.3 Å². The highest BCUT2D eigenvalue weighted by atomic mass is 32.1. The third-order valence-corrected chi connectivity index (χ3v) is 8.31. The number of ether oxygens (including phenoxy) is 1. The Bertz CT molecular complexity index is 1430. The number of nitrogens with zero attached hydrogens (tertiary/aromatic N) is 1. The Balaban J connectivity index is 1.33. The molecule has 2 bridgehead atoms. The lowest BCUT2D eigenvalue weighted by Gasteiger charge is -2.52. The first-order valence-corrected chi connectivity index (χ1v) is 12.7. The van der Waals surface area contributed by atoms with E-state index in [4.69, 9.17) is 15.5 Å². The Morgan fingerprint density at radius 1 is 1.09 bits per heavy atom. The highest BCUT2D eigenvalue weighted by Crippen LogP contribution is 2.58. The van der Waals surface area contributed by atoms with Gasteiger partial charge in [0, 0.05) is 34.7 Å². The van der Waals surface area contributed by atoms with E-state index in [0.29, 0.717) is 5.56 Å². The average Bonchev–Trinajstić information content (AvgIpc) is 3.30. The van der Waals surface area contributed by atoms with E-state index in [1.807, 2.05) is 24.3 Å². The molecule has 3 aliphatic carbocycles. The number of thiazole rings is 1. The van der Waals surface area contributed by atoms with Crippen molar-refractivity contribution in [1.82, 2.24) is 4.98 Å². The summed E-state index contributed by atoms with van der Waals surface area (Å²) in [7, 11) is 1.68. The first-order chi connectivity index (χ1) is 17.0. The number of primary amides is 1. The number of aromatic nitrogens is 1. The number of fused-ring (bicyclic) bond motifs is 1. The fraction of sp³-hybridized carbons (Fsp3) is 0.241. The van der Waals surface area contributed by atoms with Gasteiger partial charge in [-0.3, -0.25) is 4.79 Å². The number of methoxy groups -OCH3 is 1. The zero-order chi connectivity index (χ0) is 24.2. The molecule has 7 rings (SSSR count). The van der Waals surface area contributed by atoms with Crippen molar-refractivity contribution in [1.29, 1.82) is 0 Å². The number of nitrogens with two attached hydrogens (primary N) is 1. The molecular formula is C29H27N3O2S. The lowest BCUT2D eigenvalue weighted by atomic mass is 9.55. The van der Waals surface area contributed by atoms with Crippen molar-refractivity contribution in [3.05, 3.63) is 111 Å². The lowest BCUT2D eigenvalue weighted by molar-refractivity contribution is 0.0998. The van der Waals surface area contributed by atoms with Crippen molar-refractivity contribution in [3.63, 3.8) is 0 Å². The Morgan fingerprint density at radius 3 is 2.57 bits per heavy atom. The number of benzene rings is 3. The van der Waals surface area contributed by atoms with Crippen LogP contribution in [0.4, 0.5) is 5.13 Å². The van der Waals surface area contributed by atoms with Crippen LogP contribution in [0.25, 0.3) is 0 Å². The fourth-order valence-electron chi connectivity index (χ4n) is 6.06. The molecule has 3 N–H and O–H groups in total. The smallest absolute Gasteiger partial charge is 0.249 e. The zero-order valence-electron chi connectivity index (χ0n) is 19.7. The van der Waals surface area contributed by atoms with Gasteiger partial charge in [0.05, 0.1) is 12.8 Å². The maximum atomic E-state index is 12.3. The van der Waals surface area contributed by atoms with Gasteiger partial charge in [-0.2, -0.15) is 0 Å². The molecule has 3 atom stereocenters. The Labute approximate surface area is 209 Å². The summed E-state index contributed by atoms with van der Waals surface area (Å²) in [6.45, 7) is 2.28. The lowest BCUT2D eigenvalue weighted by Crippen LogP contribution is -2.50. The number of carbonyl (C=O) groups is 1. The molecule has 35 heavy (non-hydrogen) atoms. The van der Waals surface area contributed by atoms with Gasteiger partial charge in [-0.15, -0.1) is 11.3 Å². The van der Waals surface area contributed by atoms with E-state index < -0.39 is 0 Å². The molecule has 4 aromatic rings. The minimum absolute atomic E-state index is 0.104. The standard InChI is InChI=1S/C29H27N3O2S/c1-29(32-28-31-18(16-35-28)14-17-10-12-19(34-2)13-11-17)15-24-20-6-3-4-7-21(20)26(29)22-8-5-9-23(25(22)24)27(30)33/h3-13,16,24,26H,14-15H2,1-2H3,(H2,30,33)(H,31,32).